The summed E-state index contributed by atoms with van der Waals surface area (Å²) in [5.41, 5.74) is 4.89. The molecule has 1 aliphatic rings. The normalized spacial score (nSPS) is 15.2. The molecule has 0 amide bonds. The number of benzene rings is 1. The number of aryl methyl sites for hydroxylation is 1. The first-order valence-electron chi connectivity index (χ1n) is 10.3. The maximum Gasteiger partial charge on any atom is 0.135 e. The topological polar surface area (TPSA) is 44.3 Å². The van der Waals surface area contributed by atoms with E-state index in [-0.39, 0.29) is 6.99 Å². The van der Waals surface area contributed by atoms with Crippen LogP contribution < -0.4 is 0 Å². The molecule has 0 saturated carbocycles. The molecule has 1 aliphatic heterocycles. The van der Waals surface area contributed by atoms with Crippen LogP contribution in [0.25, 0.3) is 5.70 Å². The first-order valence-corrected chi connectivity index (χ1v) is 10.3. The van der Waals surface area contributed by atoms with Gasteiger partial charge in [-0.25, -0.2) is 8.78 Å². The third kappa shape index (κ3) is 5.43. The second-order valence-electron chi connectivity index (χ2n) is 7.56. The highest BCUT2D eigenvalue weighted by Gasteiger charge is 2.22. The van der Waals surface area contributed by atoms with Crippen molar-refractivity contribution >= 4 is 11.9 Å². The highest BCUT2D eigenvalue weighted by Crippen LogP contribution is 2.31. The van der Waals surface area contributed by atoms with Gasteiger partial charge in [-0.2, -0.15) is 5.10 Å². The van der Waals surface area contributed by atoms with E-state index in [1.807, 2.05) is 18.0 Å². The van der Waals surface area contributed by atoms with Crippen LogP contribution >= 0.6 is 0 Å². The van der Waals surface area contributed by atoms with Crippen molar-refractivity contribution in [3.63, 3.8) is 0 Å². The van der Waals surface area contributed by atoms with Gasteiger partial charge in [-0.1, -0.05) is 26.5 Å². The fourth-order valence-electron chi connectivity index (χ4n) is 3.59. The Morgan fingerprint density at radius 1 is 1.37 bits per heavy atom. The number of aromatic nitrogens is 2. The Kier molecular flexibility index (Phi) is 8.51. The molecule has 0 radical (unpaired) electrons. The van der Waals surface area contributed by atoms with Crippen molar-refractivity contribution in [3.05, 3.63) is 70.7 Å². The second-order valence-corrected chi connectivity index (χ2v) is 7.56. The monoisotopic (exact) mass is 416 g/mol. The summed E-state index contributed by atoms with van der Waals surface area (Å²) >= 11 is 0. The van der Waals surface area contributed by atoms with E-state index in [4.69, 9.17) is 0 Å². The lowest BCUT2D eigenvalue weighted by molar-refractivity contribution is 0.438. The summed E-state index contributed by atoms with van der Waals surface area (Å²) in [6, 6.07) is 3.86. The van der Waals surface area contributed by atoms with Crippen LogP contribution in [0.15, 0.2) is 47.2 Å². The van der Waals surface area contributed by atoms with Crippen LogP contribution in [0.2, 0.25) is 0 Å². The fourth-order valence-corrected chi connectivity index (χ4v) is 3.59. The Morgan fingerprint density at radius 2 is 2.03 bits per heavy atom. The van der Waals surface area contributed by atoms with Crippen LogP contribution in [0, 0.1) is 18.6 Å². The highest BCUT2D eigenvalue weighted by atomic mass is 19.1. The van der Waals surface area contributed by atoms with Gasteiger partial charge >= 0.3 is 0 Å². The van der Waals surface area contributed by atoms with E-state index >= 15 is 0 Å². The summed E-state index contributed by atoms with van der Waals surface area (Å²) < 4.78 is 27.7. The molecule has 0 bridgehead atoms. The van der Waals surface area contributed by atoms with Crippen LogP contribution in [0.4, 0.5) is 8.78 Å². The van der Waals surface area contributed by atoms with Gasteiger partial charge in [0.25, 0.3) is 0 Å². The average molecular weight is 417 g/mol. The van der Waals surface area contributed by atoms with Crippen LogP contribution in [-0.2, 0) is 0 Å². The van der Waals surface area contributed by atoms with Crippen LogP contribution in [0.3, 0.4) is 0 Å². The third-order valence-corrected chi connectivity index (χ3v) is 5.57. The number of allylic oxidation sites excluding steroid dienone is 2. The SMILES string of the molecule is C=C(c1c(F)cccc1F)N1CCCC(C=NC)=C1C.CCC(C)c1cn[nH]c1C.[HH]. The molecule has 164 valence electrons. The zero-order valence-electron chi connectivity index (χ0n) is 18.6. The standard InChI is InChI=1S/C16H18F2N2.C8H14N2.H2/c1-11-13(10-19-3)6-5-9-20(11)12(2)16-14(17)7-4-8-15(16)18;1-4-6(2)8-5-9-10-7(8)3;/h4,7-8,10H,2,5-6,9H2,1,3H3;5-6H,4H2,1-3H3,(H,9,10);1H. The number of nitrogens with one attached hydrogen (secondary N) is 1. The first kappa shape index (κ1) is 23.5. The van der Waals surface area contributed by atoms with Gasteiger partial charge in [0, 0.05) is 38.3 Å². The van der Waals surface area contributed by atoms with Crippen LogP contribution in [-0.4, -0.2) is 34.9 Å². The number of H-pyrrole nitrogens is 1. The van der Waals surface area contributed by atoms with Crippen molar-refractivity contribution in [1.29, 1.82) is 0 Å². The Bertz CT molecular complexity index is 913. The van der Waals surface area contributed by atoms with Gasteiger partial charge in [0.2, 0.25) is 0 Å². The molecule has 30 heavy (non-hydrogen) atoms. The predicted molar refractivity (Wildman–Crippen MR) is 123 cm³/mol. The number of aliphatic imine (C=N–C) groups is 1. The van der Waals surface area contributed by atoms with Gasteiger partial charge < -0.3 is 4.90 Å². The van der Waals surface area contributed by atoms with Gasteiger partial charge in [0.1, 0.15) is 11.6 Å². The maximum absolute atomic E-state index is 13.9. The highest BCUT2D eigenvalue weighted by molar-refractivity contribution is 5.80. The minimum atomic E-state index is -0.584. The Balaban J connectivity index is 0.000000370. The number of hydrogen-bond acceptors (Lipinski definition) is 3. The maximum atomic E-state index is 13.9. The van der Waals surface area contributed by atoms with Crippen molar-refractivity contribution in [1.82, 2.24) is 15.1 Å². The smallest absolute Gasteiger partial charge is 0.135 e. The number of nitrogens with zero attached hydrogens (tertiary/aromatic N) is 3. The molecule has 1 N–H and O–H groups in total. The van der Waals surface area contributed by atoms with E-state index in [0.717, 1.165) is 24.1 Å². The van der Waals surface area contributed by atoms with Crippen LogP contribution in [0.1, 0.15) is 64.2 Å². The van der Waals surface area contributed by atoms with Crippen molar-refractivity contribution in [2.75, 3.05) is 13.6 Å². The second kappa shape index (κ2) is 10.9. The molecule has 1 aromatic heterocycles. The number of aromatic amines is 1. The lowest BCUT2D eigenvalue weighted by Crippen LogP contribution is -2.27. The molecule has 1 atom stereocenters. The lowest BCUT2D eigenvalue weighted by atomic mass is 10.0. The summed E-state index contributed by atoms with van der Waals surface area (Å²) in [6.45, 7) is 13.0. The van der Waals surface area contributed by atoms with Gasteiger partial charge in [0.15, 0.2) is 0 Å². The number of rotatable bonds is 5. The number of halogens is 2. The first-order chi connectivity index (χ1) is 14.3. The Hall–Kier alpha value is -2.76. The van der Waals surface area contributed by atoms with Crippen molar-refractivity contribution in [3.8, 4) is 0 Å². The van der Waals surface area contributed by atoms with Gasteiger partial charge in [-0.05, 0) is 62.3 Å². The lowest BCUT2D eigenvalue weighted by Gasteiger charge is -2.33. The van der Waals surface area contributed by atoms with E-state index in [2.05, 4.69) is 42.5 Å². The van der Waals surface area contributed by atoms with E-state index in [9.17, 15) is 8.78 Å². The molecule has 1 unspecified atom stereocenters. The van der Waals surface area contributed by atoms with Crippen molar-refractivity contribution in [2.24, 2.45) is 4.99 Å². The molecule has 0 saturated heterocycles. The molecular weight excluding hydrogens is 382 g/mol. The van der Waals surface area contributed by atoms with E-state index in [1.54, 1.807) is 13.3 Å². The van der Waals surface area contributed by atoms with E-state index in [1.165, 1.54) is 35.9 Å². The summed E-state index contributed by atoms with van der Waals surface area (Å²) in [5, 5.41) is 6.90. The molecule has 0 aliphatic carbocycles. The van der Waals surface area contributed by atoms with Crippen molar-refractivity contribution < 1.29 is 10.2 Å². The predicted octanol–water partition coefficient (Wildman–Crippen LogP) is 6.48. The Morgan fingerprint density at radius 3 is 2.57 bits per heavy atom. The average Bonchev–Trinajstić information content (AvgIpc) is 3.15. The zero-order chi connectivity index (χ0) is 22.3. The van der Waals surface area contributed by atoms with E-state index in [0.29, 0.717) is 18.2 Å². The zero-order valence-corrected chi connectivity index (χ0v) is 18.6. The minimum absolute atomic E-state index is 0. The summed E-state index contributed by atoms with van der Waals surface area (Å²) in [7, 11) is 1.71. The quantitative estimate of drug-likeness (QED) is 0.567. The van der Waals surface area contributed by atoms with Crippen molar-refractivity contribution in [2.45, 2.75) is 52.9 Å². The molecule has 1 aromatic carbocycles. The van der Waals surface area contributed by atoms with Gasteiger partial charge in [-0.3, -0.25) is 10.1 Å². The van der Waals surface area contributed by atoms with E-state index < -0.39 is 11.6 Å². The minimum Gasteiger partial charge on any atom is -0.345 e. The fraction of sp³-hybridized carbons (Fsp3) is 0.417. The molecule has 4 nitrogen and oxygen atoms in total. The largest absolute Gasteiger partial charge is 0.345 e. The molecule has 2 heterocycles. The molecule has 2 aromatic rings. The third-order valence-electron chi connectivity index (χ3n) is 5.57. The molecule has 0 spiro atoms. The summed E-state index contributed by atoms with van der Waals surface area (Å²) in [6.07, 6.45) is 6.73. The summed E-state index contributed by atoms with van der Waals surface area (Å²) in [4.78, 5) is 5.89. The summed E-state index contributed by atoms with van der Waals surface area (Å²) in [5.74, 6) is -0.531. The Labute approximate surface area is 179 Å². The van der Waals surface area contributed by atoms with Crippen LogP contribution in [0.5, 0.6) is 0 Å². The van der Waals surface area contributed by atoms with Gasteiger partial charge in [-0.15, -0.1) is 0 Å². The molecule has 3 rings (SSSR count). The molecule has 6 heteroatoms. The van der Waals surface area contributed by atoms with Gasteiger partial charge in [0.05, 0.1) is 11.8 Å². The number of hydrogen-bond donors (Lipinski definition) is 1. The molecular formula is C24H34F2N4. The molecule has 0 fully saturated rings.